The number of hydrogen-bond acceptors (Lipinski definition) is 7. The molecule has 24 heavy (non-hydrogen) atoms. The molecule has 2 amide bonds. The van der Waals surface area contributed by atoms with E-state index < -0.39 is 12.0 Å². The van der Waals surface area contributed by atoms with Crippen molar-refractivity contribution in [2.45, 2.75) is 20.8 Å². The van der Waals surface area contributed by atoms with E-state index in [1.807, 2.05) is 0 Å². The van der Waals surface area contributed by atoms with Gasteiger partial charge in [0.2, 0.25) is 0 Å². The van der Waals surface area contributed by atoms with Crippen molar-refractivity contribution in [3.05, 3.63) is 41.3 Å². The fraction of sp³-hybridized carbons (Fsp3) is 0.267. The van der Waals surface area contributed by atoms with Gasteiger partial charge < -0.3 is 4.74 Å². The molecule has 9 heteroatoms. The standard InChI is InChI=1S/C15H17N5O3S/c1-4-23-15(22)17-14-12(10(3)20-24-14)9(2)18-19-13(21)11-7-5-6-8-16-11/h5-8H,4H2,1-3H3,(H,17,22)(H,19,21)/b18-9+. The number of amides is 2. The molecule has 126 valence electrons. The van der Waals surface area contributed by atoms with Gasteiger partial charge in [-0.3, -0.25) is 15.1 Å². The number of hydrazone groups is 1. The van der Waals surface area contributed by atoms with Crippen LogP contribution in [0.4, 0.5) is 9.80 Å². The maximum absolute atomic E-state index is 12.0. The zero-order valence-electron chi connectivity index (χ0n) is 13.5. The first-order chi connectivity index (χ1) is 11.5. The Kier molecular flexibility index (Phi) is 5.96. The Balaban J connectivity index is 2.14. The number of anilines is 1. The molecule has 0 radical (unpaired) electrons. The van der Waals surface area contributed by atoms with Crippen molar-refractivity contribution < 1.29 is 14.3 Å². The summed E-state index contributed by atoms with van der Waals surface area (Å²) in [4.78, 5) is 27.5. The minimum atomic E-state index is -0.562. The first-order valence-electron chi connectivity index (χ1n) is 7.19. The highest BCUT2D eigenvalue weighted by atomic mass is 32.1. The van der Waals surface area contributed by atoms with Gasteiger partial charge >= 0.3 is 6.09 Å². The van der Waals surface area contributed by atoms with Crippen LogP contribution >= 0.6 is 11.5 Å². The Hall–Kier alpha value is -2.81. The molecule has 0 aliphatic carbocycles. The van der Waals surface area contributed by atoms with Crippen molar-refractivity contribution in [2.75, 3.05) is 11.9 Å². The molecule has 0 aliphatic rings. The summed E-state index contributed by atoms with van der Waals surface area (Å²) in [5.41, 5.74) is 4.56. The molecule has 0 fully saturated rings. The Labute approximate surface area is 143 Å². The second kappa shape index (κ2) is 8.16. The molecule has 0 aromatic carbocycles. The number of carbonyl (C=O) groups excluding carboxylic acids is 2. The van der Waals surface area contributed by atoms with Crippen LogP contribution in [0.1, 0.15) is 35.6 Å². The summed E-state index contributed by atoms with van der Waals surface area (Å²) in [6, 6.07) is 5.02. The highest BCUT2D eigenvalue weighted by Gasteiger charge is 2.17. The molecule has 2 N–H and O–H groups in total. The van der Waals surface area contributed by atoms with Crippen LogP contribution in [0.3, 0.4) is 0 Å². The van der Waals surface area contributed by atoms with E-state index in [1.54, 1.807) is 39.0 Å². The van der Waals surface area contributed by atoms with Gasteiger partial charge in [0, 0.05) is 6.20 Å². The van der Waals surface area contributed by atoms with Crippen molar-refractivity contribution in [3.63, 3.8) is 0 Å². The molecular weight excluding hydrogens is 330 g/mol. The fourth-order valence-electron chi connectivity index (χ4n) is 1.89. The van der Waals surface area contributed by atoms with Gasteiger partial charge in [0.1, 0.15) is 10.7 Å². The van der Waals surface area contributed by atoms with Gasteiger partial charge in [-0.05, 0) is 44.4 Å². The number of carbonyl (C=O) groups is 2. The molecule has 2 aromatic rings. The molecule has 0 aliphatic heterocycles. The van der Waals surface area contributed by atoms with E-state index in [4.69, 9.17) is 4.74 Å². The summed E-state index contributed by atoms with van der Waals surface area (Å²) in [6.45, 7) is 5.50. The van der Waals surface area contributed by atoms with Gasteiger partial charge in [0.25, 0.3) is 5.91 Å². The van der Waals surface area contributed by atoms with E-state index in [2.05, 4.69) is 25.2 Å². The predicted molar refractivity (Wildman–Crippen MR) is 91.4 cm³/mol. The number of hydrogen-bond donors (Lipinski definition) is 2. The summed E-state index contributed by atoms with van der Waals surface area (Å²) in [5, 5.41) is 7.20. The normalized spacial score (nSPS) is 11.0. The molecule has 2 rings (SSSR count). The Morgan fingerprint density at radius 1 is 1.38 bits per heavy atom. The van der Waals surface area contributed by atoms with Crippen molar-refractivity contribution in [2.24, 2.45) is 5.10 Å². The highest BCUT2D eigenvalue weighted by Crippen LogP contribution is 2.25. The third-order valence-electron chi connectivity index (χ3n) is 2.94. The summed E-state index contributed by atoms with van der Waals surface area (Å²) in [7, 11) is 0. The summed E-state index contributed by atoms with van der Waals surface area (Å²) < 4.78 is 9.06. The molecule has 0 saturated heterocycles. The molecule has 0 spiro atoms. The third-order valence-corrected chi connectivity index (χ3v) is 3.79. The average Bonchev–Trinajstić information content (AvgIpc) is 2.93. The summed E-state index contributed by atoms with van der Waals surface area (Å²) in [5.74, 6) is -0.421. The van der Waals surface area contributed by atoms with Crippen LogP contribution in [0.2, 0.25) is 0 Å². The van der Waals surface area contributed by atoms with Crippen LogP contribution < -0.4 is 10.7 Å². The Morgan fingerprint density at radius 3 is 2.83 bits per heavy atom. The smallest absolute Gasteiger partial charge is 0.412 e. The maximum atomic E-state index is 12.0. The number of nitrogens with zero attached hydrogens (tertiary/aromatic N) is 3. The van der Waals surface area contributed by atoms with Crippen LogP contribution in [-0.2, 0) is 4.74 Å². The van der Waals surface area contributed by atoms with Crippen LogP contribution in [0, 0.1) is 6.92 Å². The topological polar surface area (TPSA) is 106 Å². The van der Waals surface area contributed by atoms with Gasteiger partial charge in [0.05, 0.1) is 23.6 Å². The molecule has 0 saturated carbocycles. The largest absolute Gasteiger partial charge is 0.450 e. The third kappa shape index (κ3) is 4.35. The SMILES string of the molecule is CCOC(=O)Nc1snc(C)c1/C(C)=N/NC(=O)c1ccccn1. The van der Waals surface area contributed by atoms with E-state index in [0.717, 1.165) is 11.5 Å². The monoisotopic (exact) mass is 347 g/mol. The van der Waals surface area contributed by atoms with E-state index in [9.17, 15) is 9.59 Å². The molecule has 0 atom stereocenters. The lowest BCUT2D eigenvalue weighted by Crippen LogP contribution is -2.21. The van der Waals surface area contributed by atoms with E-state index in [1.165, 1.54) is 6.20 Å². The predicted octanol–water partition coefficient (Wildman–Crippen LogP) is 2.57. The van der Waals surface area contributed by atoms with Crippen LogP contribution in [0.25, 0.3) is 0 Å². The summed E-state index contributed by atoms with van der Waals surface area (Å²) >= 11 is 1.12. The van der Waals surface area contributed by atoms with Crippen molar-refractivity contribution in [1.29, 1.82) is 0 Å². The average molecular weight is 347 g/mol. The zero-order valence-corrected chi connectivity index (χ0v) is 14.3. The van der Waals surface area contributed by atoms with Crippen molar-refractivity contribution in [3.8, 4) is 0 Å². The Bertz CT molecular complexity index is 758. The van der Waals surface area contributed by atoms with Gasteiger partial charge in [-0.15, -0.1) is 0 Å². The zero-order chi connectivity index (χ0) is 17.5. The number of nitrogens with one attached hydrogen (secondary N) is 2. The number of rotatable bonds is 5. The molecule has 0 bridgehead atoms. The first kappa shape index (κ1) is 17.5. The second-order valence-corrected chi connectivity index (χ2v) is 5.44. The van der Waals surface area contributed by atoms with Crippen LogP contribution in [-0.4, -0.2) is 33.7 Å². The quantitative estimate of drug-likeness (QED) is 0.639. The Morgan fingerprint density at radius 2 is 2.17 bits per heavy atom. The maximum Gasteiger partial charge on any atom is 0.412 e. The minimum Gasteiger partial charge on any atom is -0.450 e. The number of aromatic nitrogens is 2. The van der Waals surface area contributed by atoms with Gasteiger partial charge in [-0.1, -0.05) is 6.07 Å². The second-order valence-electron chi connectivity index (χ2n) is 4.67. The van der Waals surface area contributed by atoms with E-state index >= 15 is 0 Å². The molecular formula is C15H17N5O3S. The lowest BCUT2D eigenvalue weighted by atomic mass is 10.2. The summed E-state index contributed by atoms with van der Waals surface area (Å²) in [6.07, 6.45) is 0.965. The minimum absolute atomic E-state index is 0.263. The van der Waals surface area contributed by atoms with Crippen LogP contribution in [0.5, 0.6) is 0 Å². The molecule has 8 nitrogen and oxygen atoms in total. The van der Waals surface area contributed by atoms with E-state index in [-0.39, 0.29) is 12.3 Å². The van der Waals surface area contributed by atoms with E-state index in [0.29, 0.717) is 22.0 Å². The number of ether oxygens (including phenoxy) is 1. The van der Waals surface area contributed by atoms with Gasteiger partial charge in [-0.25, -0.2) is 10.2 Å². The number of aryl methyl sites for hydroxylation is 1. The molecule has 0 unspecified atom stereocenters. The van der Waals surface area contributed by atoms with Crippen molar-refractivity contribution in [1.82, 2.24) is 14.8 Å². The van der Waals surface area contributed by atoms with Crippen LogP contribution in [0.15, 0.2) is 29.5 Å². The molecule has 2 heterocycles. The first-order valence-corrected chi connectivity index (χ1v) is 7.96. The number of pyridine rings is 1. The lowest BCUT2D eigenvalue weighted by molar-refractivity contribution is 0.0950. The van der Waals surface area contributed by atoms with Gasteiger partial charge in [-0.2, -0.15) is 9.47 Å². The fourth-order valence-corrected chi connectivity index (χ4v) is 2.72. The van der Waals surface area contributed by atoms with Gasteiger partial charge in [0.15, 0.2) is 0 Å². The van der Waals surface area contributed by atoms with Crippen molar-refractivity contribution >= 4 is 34.2 Å². The lowest BCUT2D eigenvalue weighted by Gasteiger charge is -2.06. The molecule has 2 aromatic heterocycles. The highest BCUT2D eigenvalue weighted by molar-refractivity contribution is 7.11.